The Morgan fingerprint density at radius 2 is 2.12 bits per heavy atom. The molecule has 1 aromatic carbocycles. The van der Waals surface area contributed by atoms with Crippen molar-refractivity contribution < 1.29 is 19.1 Å². The summed E-state index contributed by atoms with van der Waals surface area (Å²) in [6.07, 6.45) is 1.54. The van der Waals surface area contributed by atoms with Crippen LogP contribution in [0.2, 0.25) is 0 Å². The second kappa shape index (κ2) is 5.55. The topological polar surface area (TPSA) is 118 Å². The molecule has 0 bridgehead atoms. The molecule has 2 aliphatic heterocycles. The number of amides is 4. The van der Waals surface area contributed by atoms with Crippen molar-refractivity contribution in [3.63, 3.8) is 0 Å². The Morgan fingerprint density at radius 3 is 2.73 bits per heavy atom. The van der Waals surface area contributed by atoms with Gasteiger partial charge in [0.05, 0.1) is 19.9 Å². The van der Waals surface area contributed by atoms with E-state index in [0.717, 1.165) is 5.56 Å². The van der Waals surface area contributed by atoms with E-state index in [0.29, 0.717) is 17.9 Å². The highest BCUT2D eigenvalue weighted by molar-refractivity contribution is 6.08. The van der Waals surface area contributed by atoms with E-state index in [1.165, 1.54) is 16.7 Å². The first kappa shape index (κ1) is 16.1. The van der Waals surface area contributed by atoms with Gasteiger partial charge in [0.15, 0.2) is 5.54 Å². The van der Waals surface area contributed by atoms with Gasteiger partial charge in [0.2, 0.25) is 0 Å². The predicted octanol–water partition coefficient (Wildman–Crippen LogP) is -0.486. The molecule has 0 spiro atoms. The summed E-state index contributed by atoms with van der Waals surface area (Å²) in [6.45, 7) is 0.266. The first-order valence-electron chi connectivity index (χ1n) is 7.89. The van der Waals surface area contributed by atoms with Crippen LogP contribution >= 0.6 is 0 Å². The number of aryl methyl sites for hydroxylation is 1. The van der Waals surface area contributed by atoms with Crippen molar-refractivity contribution in [1.82, 2.24) is 30.5 Å². The zero-order valence-corrected chi connectivity index (χ0v) is 14.1. The molecule has 0 unspecified atom stereocenters. The maximum Gasteiger partial charge on any atom is 0.322 e. The number of ether oxygens (including phenoxy) is 1. The molecule has 134 valence electrons. The molecule has 1 aromatic heterocycles. The van der Waals surface area contributed by atoms with Gasteiger partial charge in [-0.1, -0.05) is 11.3 Å². The number of hydrogen-bond acceptors (Lipinski definition) is 6. The third-order valence-corrected chi connectivity index (χ3v) is 4.61. The summed E-state index contributed by atoms with van der Waals surface area (Å²) in [4.78, 5) is 38.7. The van der Waals surface area contributed by atoms with Gasteiger partial charge < -0.3 is 15.0 Å². The van der Waals surface area contributed by atoms with Gasteiger partial charge in [0.25, 0.3) is 11.8 Å². The molecule has 4 amide bonds. The van der Waals surface area contributed by atoms with Crippen LogP contribution in [0, 0.1) is 0 Å². The molecular weight excluding hydrogens is 340 g/mol. The normalized spacial score (nSPS) is 21.6. The molecule has 26 heavy (non-hydrogen) atoms. The molecule has 0 radical (unpaired) electrons. The van der Waals surface area contributed by atoms with Crippen LogP contribution in [0.1, 0.15) is 21.6 Å². The molecule has 1 atom stereocenters. The van der Waals surface area contributed by atoms with Gasteiger partial charge in [-0.3, -0.25) is 19.6 Å². The number of methoxy groups -OCH3 is 1. The summed E-state index contributed by atoms with van der Waals surface area (Å²) in [5, 5.41) is 12.6. The van der Waals surface area contributed by atoms with Crippen LogP contribution in [0.4, 0.5) is 4.79 Å². The number of hydrogen-bond donors (Lipinski definition) is 2. The van der Waals surface area contributed by atoms with E-state index >= 15 is 0 Å². The Labute approximate surface area is 148 Å². The average molecular weight is 356 g/mol. The van der Waals surface area contributed by atoms with Gasteiger partial charge in [-0.05, 0) is 17.7 Å². The van der Waals surface area contributed by atoms with Crippen molar-refractivity contribution in [2.45, 2.75) is 12.1 Å². The number of aromatic nitrogens is 3. The van der Waals surface area contributed by atoms with Crippen molar-refractivity contribution in [3.8, 4) is 5.75 Å². The van der Waals surface area contributed by atoms with E-state index in [9.17, 15) is 14.4 Å². The minimum atomic E-state index is -1.48. The zero-order chi connectivity index (χ0) is 18.5. The van der Waals surface area contributed by atoms with E-state index < -0.39 is 17.5 Å². The minimum absolute atomic E-state index is 0.0565. The quantitative estimate of drug-likeness (QED) is 0.714. The van der Waals surface area contributed by atoms with Crippen molar-refractivity contribution in [1.29, 1.82) is 0 Å². The van der Waals surface area contributed by atoms with E-state index in [1.807, 2.05) is 6.07 Å². The largest absolute Gasteiger partial charge is 0.497 e. The van der Waals surface area contributed by atoms with Crippen LogP contribution < -0.4 is 15.4 Å². The van der Waals surface area contributed by atoms with Crippen molar-refractivity contribution >= 4 is 17.8 Å². The van der Waals surface area contributed by atoms with Crippen LogP contribution in [0.5, 0.6) is 5.75 Å². The van der Waals surface area contributed by atoms with Crippen LogP contribution in [0.15, 0.2) is 24.4 Å². The number of imide groups is 1. The molecule has 3 heterocycles. The fraction of sp³-hybridized carbons (Fsp3) is 0.312. The van der Waals surface area contributed by atoms with Crippen molar-refractivity contribution in [3.05, 3.63) is 41.2 Å². The highest BCUT2D eigenvalue weighted by atomic mass is 16.5. The Hall–Kier alpha value is -3.43. The first-order chi connectivity index (χ1) is 12.4. The van der Waals surface area contributed by atoms with Crippen LogP contribution in [-0.4, -0.2) is 51.4 Å². The molecule has 10 nitrogen and oxygen atoms in total. The first-order valence-corrected chi connectivity index (χ1v) is 7.89. The number of carbonyl (C=O) groups excluding carboxylic acids is 3. The lowest BCUT2D eigenvalue weighted by atomic mass is 9.95. The van der Waals surface area contributed by atoms with Crippen molar-refractivity contribution in [2.75, 3.05) is 13.7 Å². The molecule has 0 saturated carbocycles. The summed E-state index contributed by atoms with van der Waals surface area (Å²) in [7, 11) is 3.18. The molecule has 10 heteroatoms. The summed E-state index contributed by atoms with van der Waals surface area (Å²) < 4.78 is 6.60. The Morgan fingerprint density at radius 1 is 1.31 bits per heavy atom. The number of nitrogens with one attached hydrogen (secondary N) is 2. The lowest BCUT2D eigenvalue weighted by Gasteiger charge is -2.28. The van der Waals surface area contributed by atoms with Gasteiger partial charge in [-0.15, -0.1) is 5.10 Å². The number of benzene rings is 1. The van der Waals surface area contributed by atoms with Crippen molar-refractivity contribution in [2.24, 2.45) is 7.05 Å². The zero-order valence-electron chi connectivity index (χ0n) is 14.1. The van der Waals surface area contributed by atoms with E-state index in [2.05, 4.69) is 20.9 Å². The summed E-state index contributed by atoms with van der Waals surface area (Å²) in [6, 6.07) is 4.62. The van der Waals surface area contributed by atoms with Crippen LogP contribution in [0.3, 0.4) is 0 Å². The van der Waals surface area contributed by atoms with Gasteiger partial charge in [0, 0.05) is 19.2 Å². The molecule has 1 saturated heterocycles. The van der Waals surface area contributed by atoms with E-state index in [4.69, 9.17) is 4.74 Å². The van der Waals surface area contributed by atoms with Gasteiger partial charge in [0.1, 0.15) is 11.4 Å². The van der Waals surface area contributed by atoms with E-state index in [-0.39, 0.29) is 18.1 Å². The predicted molar refractivity (Wildman–Crippen MR) is 87.1 cm³/mol. The molecule has 2 aliphatic rings. The van der Waals surface area contributed by atoms with Gasteiger partial charge in [-0.2, -0.15) is 0 Å². The summed E-state index contributed by atoms with van der Waals surface area (Å²) >= 11 is 0. The maximum absolute atomic E-state index is 12.8. The van der Waals surface area contributed by atoms with Gasteiger partial charge >= 0.3 is 6.03 Å². The lowest BCUT2D eigenvalue weighted by Crippen LogP contribution is -2.53. The third-order valence-electron chi connectivity index (χ3n) is 4.61. The number of urea groups is 1. The minimum Gasteiger partial charge on any atom is -0.497 e. The lowest BCUT2D eigenvalue weighted by molar-refractivity contribution is -0.125. The number of fused-ring (bicyclic) bond motifs is 1. The molecule has 1 fully saturated rings. The summed E-state index contributed by atoms with van der Waals surface area (Å²) in [5.41, 5.74) is 0.135. The molecule has 2 aromatic rings. The number of carbonyl (C=O) groups is 3. The smallest absolute Gasteiger partial charge is 0.322 e. The summed E-state index contributed by atoms with van der Waals surface area (Å²) in [5.74, 6) is -0.227. The maximum atomic E-state index is 12.8. The van der Waals surface area contributed by atoms with Crippen LogP contribution in [-0.2, 0) is 23.9 Å². The number of nitrogens with zero attached hydrogens (tertiary/aromatic N) is 4. The average Bonchev–Trinajstić information content (AvgIpc) is 3.26. The number of rotatable bonds is 4. The Bertz CT molecular complexity index is 939. The van der Waals surface area contributed by atoms with Crippen LogP contribution in [0.25, 0.3) is 0 Å². The standard InChI is InChI=1S/C16H16N6O4/c1-21-7-12(19-20-21)16(14(24)17-15(25)18-16)8-22-6-9-3-4-10(26-2)5-11(9)13(22)23/h3-5,7H,6,8H2,1-2H3,(H2,17,18,24,25)/t16-/m0/s1. The fourth-order valence-corrected chi connectivity index (χ4v) is 3.29. The Kier molecular flexibility index (Phi) is 3.43. The third kappa shape index (κ3) is 2.30. The van der Waals surface area contributed by atoms with Gasteiger partial charge in [-0.25, -0.2) is 4.79 Å². The molecular formula is C16H16N6O4. The molecule has 2 N–H and O–H groups in total. The second-order valence-electron chi connectivity index (χ2n) is 6.28. The fourth-order valence-electron chi connectivity index (χ4n) is 3.29. The highest BCUT2D eigenvalue weighted by Crippen LogP contribution is 2.31. The molecule has 4 rings (SSSR count). The molecule has 0 aliphatic carbocycles. The SMILES string of the molecule is COc1ccc2c(c1)C(=O)N(C[C@@]1(c3cn(C)nn3)NC(=O)NC1=O)C2. The Balaban J connectivity index is 1.69. The van der Waals surface area contributed by atoms with E-state index in [1.54, 1.807) is 25.4 Å². The monoisotopic (exact) mass is 356 g/mol. The second-order valence-corrected chi connectivity index (χ2v) is 6.28. The highest BCUT2D eigenvalue weighted by Gasteiger charge is 2.52.